The molecule has 1 N–H and O–H groups in total. The molecule has 2 heterocycles. The van der Waals surface area contributed by atoms with Gasteiger partial charge in [0.05, 0.1) is 0 Å². The summed E-state index contributed by atoms with van der Waals surface area (Å²) in [5, 5.41) is 6.23. The van der Waals surface area contributed by atoms with E-state index in [0.717, 1.165) is 6.54 Å². The first-order valence-electron chi connectivity index (χ1n) is 7.17. The average Bonchev–Trinajstić information content (AvgIpc) is 2.90. The first-order valence-corrected chi connectivity index (χ1v) is 7.17. The van der Waals surface area contributed by atoms with Crippen LogP contribution in [0.1, 0.15) is 50.8 Å². The monoisotopic (exact) mass is 254 g/mol. The van der Waals surface area contributed by atoms with Crippen molar-refractivity contribution in [1.82, 2.24) is 10.3 Å². The van der Waals surface area contributed by atoms with Gasteiger partial charge in [-0.25, -0.2) is 0 Å². The van der Waals surface area contributed by atoms with Crippen molar-refractivity contribution in [1.29, 1.82) is 0 Å². The maximum Gasteiger partial charge on any atom is 0.0349 e. The lowest BCUT2D eigenvalue weighted by Crippen LogP contribution is -2.16. The fraction of sp³-hybridized carbons (Fsp3) is 0.471. The number of nitrogens with one attached hydrogen (secondary N) is 1. The maximum atomic E-state index is 4.31. The number of fused-ring (bicyclic) bond motifs is 1. The Morgan fingerprint density at radius 1 is 1.26 bits per heavy atom. The molecular weight excluding hydrogens is 232 g/mol. The van der Waals surface area contributed by atoms with Crippen molar-refractivity contribution in [3.8, 4) is 0 Å². The zero-order chi connectivity index (χ0) is 13.5. The van der Waals surface area contributed by atoms with E-state index in [1.807, 2.05) is 12.4 Å². The van der Waals surface area contributed by atoms with Crippen LogP contribution in [0.3, 0.4) is 0 Å². The number of pyridine rings is 1. The summed E-state index contributed by atoms with van der Waals surface area (Å²) in [6.45, 7) is 7.97. The highest BCUT2D eigenvalue weighted by Gasteiger charge is 2.22. The molecule has 1 aromatic carbocycles. The summed E-state index contributed by atoms with van der Waals surface area (Å²) in [5.74, 6) is 0. The van der Waals surface area contributed by atoms with E-state index in [2.05, 4.69) is 49.3 Å². The highest BCUT2D eigenvalue weighted by molar-refractivity contribution is 5.86. The van der Waals surface area contributed by atoms with Crippen LogP contribution in [0.5, 0.6) is 0 Å². The second-order valence-electron chi connectivity index (χ2n) is 6.56. The topological polar surface area (TPSA) is 24.9 Å². The SMILES string of the molecule is CC(C)(C)c1cc([C@H]2CCCN2)c2cnccc2c1. The Morgan fingerprint density at radius 2 is 2.11 bits per heavy atom. The molecule has 0 aliphatic carbocycles. The van der Waals surface area contributed by atoms with E-state index in [1.165, 1.54) is 34.7 Å². The van der Waals surface area contributed by atoms with E-state index in [-0.39, 0.29) is 5.41 Å². The van der Waals surface area contributed by atoms with E-state index in [0.29, 0.717) is 6.04 Å². The molecule has 0 unspecified atom stereocenters. The molecule has 2 aromatic rings. The van der Waals surface area contributed by atoms with Crippen molar-refractivity contribution in [2.24, 2.45) is 0 Å². The van der Waals surface area contributed by atoms with Crippen LogP contribution in [-0.4, -0.2) is 11.5 Å². The summed E-state index contributed by atoms with van der Waals surface area (Å²) in [4.78, 5) is 4.31. The van der Waals surface area contributed by atoms with Crippen molar-refractivity contribution in [3.63, 3.8) is 0 Å². The van der Waals surface area contributed by atoms with Crippen LogP contribution >= 0.6 is 0 Å². The Labute approximate surface area is 115 Å². The molecule has 1 fully saturated rings. The third kappa shape index (κ3) is 2.37. The van der Waals surface area contributed by atoms with Crippen molar-refractivity contribution in [3.05, 3.63) is 41.7 Å². The summed E-state index contributed by atoms with van der Waals surface area (Å²) in [5.41, 5.74) is 3.02. The van der Waals surface area contributed by atoms with E-state index in [4.69, 9.17) is 0 Å². The third-order valence-corrected chi connectivity index (χ3v) is 4.09. The molecule has 1 saturated heterocycles. The molecule has 3 rings (SSSR count). The molecule has 100 valence electrons. The van der Waals surface area contributed by atoms with Gasteiger partial charge in [-0.15, -0.1) is 0 Å². The largest absolute Gasteiger partial charge is 0.310 e. The summed E-state index contributed by atoms with van der Waals surface area (Å²) < 4.78 is 0. The van der Waals surface area contributed by atoms with Crippen LogP contribution in [0.2, 0.25) is 0 Å². The molecule has 1 aliphatic heterocycles. The molecule has 1 aromatic heterocycles. The lowest BCUT2D eigenvalue weighted by molar-refractivity contribution is 0.586. The van der Waals surface area contributed by atoms with Crippen molar-refractivity contribution < 1.29 is 0 Å². The minimum absolute atomic E-state index is 0.185. The summed E-state index contributed by atoms with van der Waals surface area (Å²) in [7, 11) is 0. The number of benzene rings is 1. The Bertz CT molecular complexity index is 590. The molecule has 0 spiro atoms. The number of aromatic nitrogens is 1. The van der Waals surface area contributed by atoms with E-state index in [1.54, 1.807) is 0 Å². The van der Waals surface area contributed by atoms with Crippen molar-refractivity contribution in [2.75, 3.05) is 6.54 Å². The van der Waals surface area contributed by atoms with Crippen LogP contribution < -0.4 is 5.32 Å². The molecule has 0 amide bonds. The fourth-order valence-electron chi connectivity index (χ4n) is 2.90. The molecule has 19 heavy (non-hydrogen) atoms. The number of rotatable bonds is 1. The normalized spacial score (nSPS) is 20.1. The van der Waals surface area contributed by atoms with Gasteiger partial charge >= 0.3 is 0 Å². The molecular formula is C17H22N2. The lowest BCUT2D eigenvalue weighted by atomic mass is 9.83. The van der Waals surface area contributed by atoms with Gasteiger partial charge in [0.15, 0.2) is 0 Å². The van der Waals surface area contributed by atoms with Crippen LogP contribution in [0.15, 0.2) is 30.6 Å². The van der Waals surface area contributed by atoms with E-state index >= 15 is 0 Å². The Balaban J connectivity index is 2.21. The predicted molar refractivity (Wildman–Crippen MR) is 80.4 cm³/mol. The van der Waals surface area contributed by atoms with Gasteiger partial charge in [0.25, 0.3) is 0 Å². The average molecular weight is 254 g/mol. The first-order chi connectivity index (χ1) is 9.05. The van der Waals surface area contributed by atoms with Crippen LogP contribution in [0, 0.1) is 0 Å². The van der Waals surface area contributed by atoms with Crippen LogP contribution in [-0.2, 0) is 5.41 Å². The standard InChI is InChI=1S/C17H22N2/c1-17(2,3)13-9-12-6-8-18-11-15(12)14(10-13)16-5-4-7-19-16/h6,8-11,16,19H,4-5,7H2,1-3H3/t16-/m1/s1. The van der Waals surface area contributed by atoms with Crippen LogP contribution in [0.4, 0.5) is 0 Å². The smallest absolute Gasteiger partial charge is 0.0349 e. The van der Waals surface area contributed by atoms with Gasteiger partial charge in [-0.1, -0.05) is 32.9 Å². The lowest BCUT2D eigenvalue weighted by Gasteiger charge is -2.23. The van der Waals surface area contributed by atoms with Crippen molar-refractivity contribution in [2.45, 2.75) is 45.1 Å². The minimum atomic E-state index is 0.185. The molecule has 2 heteroatoms. The zero-order valence-corrected chi connectivity index (χ0v) is 12.0. The highest BCUT2D eigenvalue weighted by atomic mass is 14.9. The fourth-order valence-corrected chi connectivity index (χ4v) is 2.90. The number of nitrogens with zero attached hydrogens (tertiary/aromatic N) is 1. The van der Waals surface area contributed by atoms with Gasteiger partial charge in [-0.3, -0.25) is 4.98 Å². The summed E-state index contributed by atoms with van der Waals surface area (Å²) >= 11 is 0. The molecule has 1 atom stereocenters. The quantitative estimate of drug-likeness (QED) is 0.833. The Hall–Kier alpha value is -1.41. The minimum Gasteiger partial charge on any atom is -0.310 e. The Morgan fingerprint density at radius 3 is 2.79 bits per heavy atom. The van der Waals surface area contributed by atoms with Gasteiger partial charge in [0, 0.05) is 23.8 Å². The van der Waals surface area contributed by atoms with Gasteiger partial charge < -0.3 is 5.32 Å². The van der Waals surface area contributed by atoms with Crippen molar-refractivity contribution >= 4 is 10.8 Å². The third-order valence-electron chi connectivity index (χ3n) is 4.09. The summed E-state index contributed by atoms with van der Waals surface area (Å²) in [6, 6.07) is 7.32. The zero-order valence-electron chi connectivity index (χ0n) is 12.0. The number of hydrogen-bond acceptors (Lipinski definition) is 2. The van der Waals surface area contributed by atoms with E-state index < -0.39 is 0 Å². The molecule has 2 nitrogen and oxygen atoms in total. The number of hydrogen-bond donors (Lipinski definition) is 1. The first kappa shape index (κ1) is 12.6. The second kappa shape index (κ2) is 4.61. The maximum absolute atomic E-state index is 4.31. The van der Waals surface area contributed by atoms with Crippen LogP contribution in [0.25, 0.3) is 10.8 Å². The predicted octanol–water partition coefficient (Wildman–Crippen LogP) is 3.96. The molecule has 0 saturated carbocycles. The second-order valence-corrected chi connectivity index (χ2v) is 6.56. The molecule has 0 bridgehead atoms. The Kier molecular flexibility index (Phi) is 3.06. The molecule has 1 aliphatic rings. The summed E-state index contributed by atoms with van der Waals surface area (Å²) in [6.07, 6.45) is 6.40. The van der Waals surface area contributed by atoms with Gasteiger partial charge in [0.2, 0.25) is 0 Å². The van der Waals surface area contributed by atoms with E-state index in [9.17, 15) is 0 Å². The van der Waals surface area contributed by atoms with Gasteiger partial charge in [0.1, 0.15) is 0 Å². The molecule has 0 radical (unpaired) electrons. The van der Waals surface area contributed by atoms with Gasteiger partial charge in [-0.2, -0.15) is 0 Å². The highest BCUT2D eigenvalue weighted by Crippen LogP contribution is 2.34. The van der Waals surface area contributed by atoms with Gasteiger partial charge in [-0.05, 0) is 47.4 Å².